The smallest absolute Gasteiger partial charge is 0.260 e. The predicted molar refractivity (Wildman–Crippen MR) is 90.5 cm³/mol. The molecule has 1 aliphatic rings. The molecule has 0 aliphatic carbocycles. The van der Waals surface area contributed by atoms with Gasteiger partial charge in [-0.05, 0) is 24.6 Å². The number of fused-ring (bicyclic) bond motifs is 1. The van der Waals surface area contributed by atoms with E-state index in [2.05, 4.69) is 12.2 Å². The Balaban J connectivity index is 2.11. The molecule has 1 heterocycles. The van der Waals surface area contributed by atoms with Gasteiger partial charge in [0, 0.05) is 18.3 Å². The lowest BCUT2D eigenvalue weighted by Crippen LogP contribution is -2.41. The molecule has 2 aromatic rings. The van der Waals surface area contributed by atoms with E-state index >= 15 is 0 Å². The summed E-state index contributed by atoms with van der Waals surface area (Å²) in [6, 6.07) is 12.8. The Bertz CT molecular complexity index is 716. The summed E-state index contributed by atoms with van der Waals surface area (Å²) in [5.41, 5.74) is 2.00. The fourth-order valence-electron chi connectivity index (χ4n) is 2.91. The van der Waals surface area contributed by atoms with Crippen LogP contribution in [0.3, 0.4) is 0 Å². The summed E-state index contributed by atoms with van der Waals surface area (Å²) >= 11 is 0. The number of para-hydroxylation sites is 1. The molecule has 1 aliphatic heterocycles. The number of hydrogen-bond acceptors (Lipinski definition) is 4. The standard InChI is InChI=1S/C18H20N2O3/c1-3-12-11-19-15-10-16(21)17(23-2)9-14(15)18(22)20(12)13-7-5-4-6-8-13/h4-10,12,19,21H,3,11H2,1-2H3. The second kappa shape index (κ2) is 6.20. The Morgan fingerprint density at radius 3 is 2.70 bits per heavy atom. The van der Waals surface area contributed by atoms with Gasteiger partial charge in [-0.15, -0.1) is 0 Å². The molecule has 0 spiro atoms. The van der Waals surface area contributed by atoms with E-state index < -0.39 is 0 Å². The normalized spacial score (nSPS) is 17.2. The van der Waals surface area contributed by atoms with Gasteiger partial charge in [0.1, 0.15) is 0 Å². The molecule has 5 heteroatoms. The minimum absolute atomic E-state index is 0.0211. The predicted octanol–water partition coefficient (Wildman–Crippen LogP) is 3.25. The lowest BCUT2D eigenvalue weighted by molar-refractivity contribution is 0.0979. The zero-order chi connectivity index (χ0) is 16.4. The van der Waals surface area contributed by atoms with Crippen molar-refractivity contribution in [3.8, 4) is 11.5 Å². The number of nitrogens with zero attached hydrogens (tertiary/aromatic N) is 1. The Morgan fingerprint density at radius 1 is 1.30 bits per heavy atom. The van der Waals surface area contributed by atoms with Gasteiger partial charge in [0.2, 0.25) is 0 Å². The highest BCUT2D eigenvalue weighted by Crippen LogP contribution is 2.36. The van der Waals surface area contributed by atoms with Gasteiger partial charge in [0.05, 0.1) is 24.4 Å². The van der Waals surface area contributed by atoms with Crippen LogP contribution in [0.4, 0.5) is 11.4 Å². The van der Waals surface area contributed by atoms with Crippen LogP contribution in [0.15, 0.2) is 42.5 Å². The maximum absolute atomic E-state index is 13.1. The first-order valence-electron chi connectivity index (χ1n) is 7.69. The van der Waals surface area contributed by atoms with Gasteiger partial charge in [-0.25, -0.2) is 0 Å². The van der Waals surface area contributed by atoms with Crippen molar-refractivity contribution in [3.63, 3.8) is 0 Å². The van der Waals surface area contributed by atoms with Gasteiger partial charge in [0.15, 0.2) is 11.5 Å². The van der Waals surface area contributed by atoms with Crippen LogP contribution in [0.1, 0.15) is 23.7 Å². The summed E-state index contributed by atoms with van der Waals surface area (Å²) in [5, 5.41) is 13.2. The Kier molecular flexibility index (Phi) is 4.10. The van der Waals surface area contributed by atoms with E-state index in [9.17, 15) is 9.90 Å². The summed E-state index contributed by atoms with van der Waals surface area (Å²) in [6.07, 6.45) is 0.824. The maximum Gasteiger partial charge on any atom is 0.260 e. The molecule has 0 saturated carbocycles. The van der Waals surface area contributed by atoms with Crippen molar-refractivity contribution in [1.82, 2.24) is 0 Å². The molecular weight excluding hydrogens is 292 g/mol. The molecule has 5 nitrogen and oxygen atoms in total. The fourth-order valence-corrected chi connectivity index (χ4v) is 2.91. The van der Waals surface area contributed by atoms with Crippen molar-refractivity contribution in [2.24, 2.45) is 0 Å². The molecule has 0 saturated heterocycles. The number of ether oxygens (including phenoxy) is 1. The topological polar surface area (TPSA) is 61.8 Å². The van der Waals surface area contributed by atoms with Crippen molar-refractivity contribution in [1.29, 1.82) is 0 Å². The van der Waals surface area contributed by atoms with Crippen LogP contribution >= 0.6 is 0 Å². The highest BCUT2D eigenvalue weighted by Gasteiger charge is 2.31. The van der Waals surface area contributed by atoms with Crippen LogP contribution in [0.25, 0.3) is 0 Å². The van der Waals surface area contributed by atoms with E-state index in [1.165, 1.54) is 7.11 Å². The number of carbonyl (C=O) groups is 1. The van der Waals surface area contributed by atoms with Crippen molar-refractivity contribution >= 4 is 17.3 Å². The maximum atomic E-state index is 13.1. The number of carbonyl (C=O) groups excluding carboxylic acids is 1. The first kappa shape index (κ1) is 15.2. The number of nitrogens with one attached hydrogen (secondary N) is 1. The summed E-state index contributed by atoms with van der Waals surface area (Å²) in [5.74, 6) is 0.218. The van der Waals surface area contributed by atoms with Gasteiger partial charge in [0.25, 0.3) is 5.91 Å². The minimum Gasteiger partial charge on any atom is -0.504 e. The molecule has 120 valence electrons. The van der Waals surface area contributed by atoms with Crippen LogP contribution in [0, 0.1) is 0 Å². The number of anilines is 2. The summed E-state index contributed by atoms with van der Waals surface area (Å²) < 4.78 is 5.15. The lowest BCUT2D eigenvalue weighted by Gasteiger charge is -2.29. The van der Waals surface area contributed by atoms with Crippen molar-refractivity contribution in [2.45, 2.75) is 19.4 Å². The van der Waals surface area contributed by atoms with E-state index in [1.54, 1.807) is 12.1 Å². The van der Waals surface area contributed by atoms with E-state index in [-0.39, 0.29) is 17.7 Å². The third-order valence-corrected chi connectivity index (χ3v) is 4.17. The quantitative estimate of drug-likeness (QED) is 0.913. The van der Waals surface area contributed by atoms with Crippen molar-refractivity contribution < 1.29 is 14.6 Å². The monoisotopic (exact) mass is 312 g/mol. The highest BCUT2D eigenvalue weighted by atomic mass is 16.5. The number of amides is 1. The second-order valence-corrected chi connectivity index (χ2v) is 5.52. The number of rotatable bonds is 3. The highest BCUT2D eigenvalue weighted by molar-refractivity contribution is 6.11. The largest absolute Gasteiger partial charge is 0.504 e. The first-order chi connectivity index (χ1) is 11.2. The number of hydrogen-bond donors (Lipinski definition) is 2. The molecule has 1 unspecified atom stereocenters. The molecule has 3 rings (SSSR count). The van der Waals surface area contributed by atoms with Gasteiger partial charge in [-0.3, -0.25) is 4.79 Å². The average molecular weight is 312 g/mol. The van der Waals surface area contributed by atoms with Crippen molar-refractivity contribution in [2.75, 3.05) is 23.9 Å². The average Bonchev–Trinajstić information content (AvgIpc) is 2.71. The summed E-state index contributed by atoms with van der Waals surface area (Å²) in [4.78, 5) is 14.9. The van der Waals surface area contributed by atoms with Crippen LogP contribution < -0.4 is 15.0 Å². The Labute approximate surface area is 135 Å². The number of benzene rings is 2. The molecule has 23 heavy (non-hydrogen) atoms. The molecule has 1 amide bonds. The Morgan fingerprint density at radius 2 is 2.04 bits per heavy atom. The number of phenols is 1. The molecule has 0 aromatic heterocycles. The SMILES string of the molecule is CCC1CNc2cc(O)c(OC)cc2C(=O)N1c1ccccc1. The van der Waals surface area contributed by atoms with Crippen LogP contribution in [0.2, 0.25) is 0 Å². The third-order valence-electron chi connectivity index (χ3n) is 4.17. The van der Waals surface area contributed by atoms with Crippen molar-refractivity contribution in [3.05, 3.63) is 48.0 Å². The van der Waals surface area contributed by atoms with E-state index in [4.69, 9.17) is 4.74 Å². The first-order valence-corrected chi connectivity index (χ1v) is 7.69. The van der Waals surface area contributed by atoms with Crippen LogP contribution in [0.5, 0.6) is 11.5 Å². The van der Waals surface area contributed by atoms with E-state index in [0.29, 0.717) is 23.5 Å². The van der Waals surface area contributed by atoms with Gasteiger partial charge in [-0.2, -0.15) is 0 Å². The van der Waals surface area contributed by atoms with Crippen LogP contribution in [-0.4, -0.2) is 30.7 Å². The number of methoxy groups -OCH3 is 1. The summed E-state index contributed by atoms with van der Waals surface area (Å²) in [7, 11) is 1.47. The zero-order valence-electron chi connectivity index (χ0n) is 13.2. The Hall–Kier alpha value is -2.69. The molecule has 0 fully saturated rings. The van der Waals surface area contributed by atoms with Gasteiger partial charge < -0.3 is 20.1 Å². The van der Waals surface area contributed by atoms with Gasteiger partial charge >= 0.3 is 0 Å². The fraction of sp³-hybridized carbons (Fsp3) is 0.278. The summed E-state index contributed by atoms with van der Waals surface area (Å²) in [6.45, 7) is 2.68. The van der Waals surface area contributed by atoms with E-state index in [1.807, 2.05) is 35.2 Å². The molecule has 2 aromatic carbocycles. The molecule has 1 atom stereocenters. The molecule has 2 N–H and O–H groups in total. The minimum atomic E-state index is -0.0960. The van der Waals surface area contributed by atoms with E-state index in [0.717, 1.165) is 12.1 Å². The third kappa shape index (κ3) is 2.70. The lowest BCUT2D eigenvalue weighted by atomic mass is 10.1. The molecule has 0 bridgehead atoms. The second-order valence-electron chi connectivity index (χ2n) is 5.52. The molecular formula is C18H20N2O3. The van der Waals surface area contributed by atoms with Gasteiger partial charge in [-0.1, -0.05) is 25.1 Å². The molecule has 0 radical (unpaired) electrons. The number of phenolic OH excluding ortho intramolecular Hbond substituents is 1. The van der Waals surface area contributed by atoms with Crippen LogP contribution in [-0.2, 0) is 0 Å². The zero-order valence-corrected chi connectivity index (χ0v) is 13.2. The number of aromatic hydroxyl groups is 1.